The quantitative estimate of drug-likeness (QED) is 0.670. The summed E-state index contributed by atoms with van der Waals surface area (Å²) >= 11 is 4.92. The Morgan fingerprint density at radius 2 is 1.96 bits per heavy atom. The molecule has 0 saturated heterocycles. The highest BCUT2D eigenvalue weighted by Gasteiger charge is 2.00. The van der Waals surface area contributed by atoms with Crippen LogP contribution in [0.25, 0.3) is 0 Å². The first-order valence-electron chi connectivity index (χ1n) is 6.98. The summed E-state index contributed by atoms with van der Waals surface area (Å²) in [7, 11) is 0. The summed E-state index contributed by atoms with van der Waals surface area (Å²) in [6.45, 7) is 0.432. The summed E-state index contributed by atoms with van der Waals surface area (Å²) in [5.41, 5.74) is 8.05. The molecule has 0 aliphatic carbocycles. The molecular weight excluding hydrogens is 308 g/mol. The first kappa shape index (κ1) is 16.5. The van der Waals surface area contributed by atoms with Crippen molar-refractivity contribution >= 4 is 23.3 Å². The highest BCUT2D eigenvalue weighted by molar-refractivity contribution is 7.80. The first-order valence-corrected chi connectivity index (χ1v) is 7.39. The molecule has 2 rings (SSSR count). The molecule has 0 unspecified atom stereocenters. The number of carbonyl (C=O) groups excluding carboxylic acids is 1. The topological polar surface area (TPSA) is 64.3 Å². The van der Waals surface area contributed by atoms with Gasteiger partial charge in [0, 0.05) is 11.1 Å². The number of nitrogens with two attached hydrogens (primary N) is 1. The van der Waals surface area contributed by atoms with Crippen molar-refractivity contribution in [2.24, 2.45) is 5.73 Å². The van der Waals surface area contributed by atoms with E-state index >= 15 is 0 Å². The molecule has 0 bridgehead atoms. The molecule has 2 aromatic carbocycles. The SMILES string of the molecule is NC(=S)c1cccc(C#CCNC(=O)OCc2ccccc2)c1. The summed E-state index contributed by atoms with van der Waals surface area (Å²) in [6, 6.07) is 16.8. The smallest absolute Gasteiger partial charge is 0.408 e. The maximum atomic E-state index is 11.5. The number of nitrogens with one attached hydrogen (secondary N) is 1. The highest BCUT2D eigenvalue weighted by atomic mass is 32.1. The lowest BCUT2D eigenvalue weighted by Gasteiger charge is -2.04. The predicted octanol–water partition coefficient (Wildman–Crippen LogP) is 2.60. The normalized spacial score (nSPS) is 9.39. The third kappa shape index (κ3) is 5.81. The van der Waals surface area contributed by atoms with Gasteiger partial charge >= 0.3 is 6.09 Å². The first-order chi connectivity index (χ1) is 11.1. The van der Waals surface area contributed by atoms with Gasteiger partial charge in [0.25, 0.3) is 0 Å². The minimum atomic E-state index is -0.500. The molecule has 0 spiro atoms. The monoisotopic (exact) mass is 324 g/mol. The molecule has 3 N–H and O–H groups in total. The minimum Gasteiger partial charge on any atom is -0.445 e. The zero-order valence-electron chi connectivity index (χ0n) is 12.4. The Morgan fingerprint density at radius 3 is 2.70 bits per heavy atom. The number of alkyl carbamates (subject to hydrolysis) is 1. The molecule has 116 valence electrons. The molecule has 2 aromatic rings. The number of thiocarbonyl (C=S) groups is 1. The molecule has 0 fully saturated rings. The van der Waals surface area contributed by atoms with Gasteiger partial charge in [-0.1, -0.05) is 66.5 Å². The van der Waals surface area contributed by atoms with Gasteiger partial charge < -0.3 is 15.8 Å². The lowest BCUT2D eigenvalue weighted by molar-refractivity contribution is 0.141. The molecule has 0 heterocycles. The van der Waals surface area contributed by atoms with E-state index in [1.807, 2.05) is 54.6 Å². The van der Waals surface area contributed by atoms with E-state index in [4.69, 9.17) is 22.7 Å². The van der Waals surface area contributed by atoms with Gasteiger partial charge in [-0.3, -0.25) is 0 Å². The molecule has 0 aromatic heterocycles. The number of hydrogen-bond acceptors (Lipinski definition) is 3. The minimum absolute atomic E-state index is 0.199. The van der Waals surface area contributed by atoms with E-state index in [1.54, 1.807) is 0 Å². The van der Waals surface area contributed by atoms with Gasteiger partial charge in [0.1, 0.15) is 11.6 Å². The van der Waals surface area contributed by atoms with Crippen molar-refractivity contribution in [3.63, 3.8) is 0 Å². The highest BCUT2D eigenvalue weighted by Crippen LogP contribution is 2.03. The van der Waals surface area contributed by atoms with Crippen LogP contribution in [0.5, 0.6) is 0 Å². The largest absolute Gasteiger partial charge is 0.445 e. The fourth-order valence-corrected chi connectivity index (χ4v) is 1.91. The van der Waals surface area contributed by atoms with Crippen molar-refractivity contribution in [3.8, 4) is 11.8 Å². The molecule has 4 nitrogen and oxygen atoms in total. The average Bonchev–Trinajstić information content (AvgIpc) is 2.58. The van der Waals surface area contributed by atoms with Crippen molar-refractivity contribution in [1.29, 1.82) is 0 Å². The summed E-state index contributed by atoms with van der Waals surface area (Å²) in [4.78, 5) is 11.9. The Kier molecular flexibility index (Phi) is 6.16. The summed E-state index contributed by atoms with van der Waals surface area (Å²) < 4.78 is 5.08. The Morgan fingerprint density at radius 1 is 1.17 bits per heavy atom. The summed E-state index contributed by atoms with van der Waals surface area (Å²) in [5.74, 6) is 5.78. The molecule has 0 saturated carbocycles. The van der Waals surface area contributed by atoms with E-state index in [-0.39, 0.29) is 13.2 Å². The van der Waals surface area contributed by atoms with Crippen molar-refractivity contribution < 1.29 is 9.53 Å². The Hall–Kier alpha value is -2.84. The summed E-state index contributed by atoms with van der Waals surface area (Å²) in [5, 5.41) is 2.58. The van der Waals surface area contributed by atoms with Gasteiger partial charge in [-0.2, -0.15) is 0 Å². The number of hydrogen-bond donors (Lipinski definition) is 2. The van der Waals surface area contributed by atoms with E-state index in [0.717, 1.165) is 16.7 Å². The average molecular weight is 324 g/mol. The van der Waals surface area contributed by atoms with Crippen LogP contribution in [0.3, 0.4) is 0 Å². The van der Waals surface area contributed by atoms with Crippen molar-refractivity contribution in [2.75, 3.05) is 6.54 Å². The van der Waals surface area contributed by atoms with Gasteiger partial charge in [0.05, 0.1) is 6.54 Å². The van der Waals surface area contributed by atoms with Crippen LogP contribution in [-0.2, 0) is 11.3 Å². The summed E-state index contributed by atoms with van der Waals surface area (Å²) in [6.07, 6.45) is -0.500. The van der Waals surface area contributed by atoms with E-state index in [0.29, 0.717) is 4.99 Å². The van der Waals surface area contributed by atoms with E-state index in [2.05, 4.69) is 17.2 Å². The molecule has 1 amide bonds. The van der Waals surface area contributed by atoms with Crippen molar-refractivity contribution in [3.05, 3.63) is 71.3 Å². The molecule has 5 heteroatoms. The van der Waals surface area contributed by atoms with Gasteiger partial charge in [-0.15, -0.1) is 0 Å². The van der Waals surface area contributed by atoms with E-state index in [9.17, 15) is 4.79 Å². The number of carbonyl (C=O) groups is 1. The second kappa shape index (κ2) is 8.57. The van der Waals surface area contributed by atoms with Gasteiger partial charge in [0.15, 0.2) is 0 Å². The van der Waals surface area contributed by atoms with Crippen LogP contribution in [0.1, 0.15) is 16.7 Å². The fourth-order valence-electron chi connectivity index (χ4n) is 1.79. The lowest BCUT2D eigenvalue weighted by atomic mass is 10.1. The zero-order chi connectivity index (χ0) is 16.5. The maximum Gasteiger partial charge on any atom is 0.408 e. The molecular formula is C18H16N2O2S. The van der Waals surface area contributed by atoms with Crippen LogP contribution in [0.4, 0.5) is 4.79 Å². The zero-order valence-corrected chi connectivity index (χ0v) is 13.2. The molecule has 0 aliphatic rings. The fraction of sp³-hybridized carbons (Fsp3) is 0.111. The van der Waals surface area contributed by atoms with Gasteiger partial charge in [0.2, 0.25) is 0 Å². The van der Waals surface area contributed by atoms with E-state index in [1.165, 1.54) is 0 Å². The van der Waals surface area contributed by atoms with Crippen molar-refractivity contribution in [1.82, 2.24) is 5.32 Å². The maximum absolute atomic E-state index is 11.5. The third-order valence-corrected chi connectivity index (χ3v) is 3.15. The van der Waals surface area contributed by atoms with Crippen LogP contribution < -0.4 is 11.1 Å². The number of benzene rings is 2. The predicted molar refractivity (Wildman–Crippen MR) is 93.8 cm³/mol. The van der Waals surface area contributed by atoms with Gasteiger partial charge in [-0.05, 0) is 17.7 Å². The van der Waals surface area contributed by atoms with Crippen LogP contribution in [-0.4, -0.2) is 17.6 Å². The molecule has 23 heavy (non-hydrogen) atoms. The number of rotatable bonds is 4. The molecule has 0 atom stereocenters. The Balaban J connectivity index is 1.78. The molecule has 0 aliphatic heterocycles. The second-order valence-corrected chi connectivity index (χ2v) is 5.10. The van der Waals surface area contributed by atoms with Crippen molar-refractivity contribution in [2.45, 2.75) is 6.61 Å². The van der Waals surface area contributed by atoms with E-state index < -0.39 is 6.09 Å². The number of amides is 1. The standard InChI is InChI=1S/C18H16N2O2S/c19-17(23)16-10-4-8-14(12-16)9-5-11-20-18(21)22-13-15-6-2-1-3-7-15/h1-4,6-8,10,12H,11,13H2,(H2,19,23)(H,20,21). The van der Waals surface area contributed by atoms with Crippen LogP contribution in [0, 0.1) is 11.8 Å². The Labute approximate surface area is 140 Å². The molecule has 0 radical (unpaired) electrons. The van der Waals surface area contributed by atoms with Crippen LogP contribution in [0.2, 0.25) is 0 Å². The lowest BCUT2D eigenvalue weighted by Crippen LogP contribution is -2.24. The van der Waals surface area contributed by atoms with Crippen LogP contribution >= 0.6 is 12.2 Å². The van der Waals surface area contributed by atoms with Crippen LogP contribution in [0.15, 0.2) is 54.6 Å². The Bertz CT molecular complexity index is 748. The third-order valence-electron chi connectivity index (χ3n) is 2.91. The van der Waals surface area contributed by atoms with Gasteiger partial charge in [-0.25, -0.2) is 4.79 Å². The number of ether oxygens (including phenoxy) is 1. The second-order valence-electron chi connectivity index (χ2n) is 4.66.